The summed E-state index contributed by atoms with van der Waals surface area (Å²) in [6.07, 6.45) is 0. The van der Waals surface area contributed by atoms with E-state index in [2.05, 4.69) is 0 Å². The lowest BCUT2D eigenvalue weighted by Crippen LogP contribution is -2.30. The highest BCUT2D eigenvalue weighted by Crippen LogP contribution is 2.30. The molecule has 0 unspecified atom stereocenters. The average molecular weight is 430 g/mol. The normalized spacial score (nSPS) is 10.5. The van der Waals surface area contributed by atoms with Crippen molar-refractivity contribution < 1.29 is 23.4 Å². The Hall–Kier alpha value is -3.06. The Morgan fingerprint density at radius 2 is 1.80 bits per heavy atom. The summed E-state index contributed by atoms with van der Waals surface area (Å²) in [6, 6.07) is 13.5. The summed E-state index contributed by atoms with van der Waals surface area (Å²) in [5.41, 5.74) is 1.07. The van der Waals surface area contributed by atoms with Crippen molar-refractivity contribution in [3.8, 4) is 17.2 Å². The van der Waals surface area contributed by atoms with Crippen molar-refractivity contribution in [1.29, 1.82) is 0 Å². The zero-order valence-corrected chi connectivity index (χ0v) is 18.0. The van der Waals surface area contributed by atoms with Crippen molar-refractivity contribution in [2.75, 3.05) is 20.8 Å². The standard InChI is InChI=1S/C23H24FNO4S/c1-4-25(23(26)19-13-17(24)8-10-20(19)27-2)14-16-7-9-21(22(12-16)28-3)29-15-18-6-5-11-30-18/h5-13H,4,14-15H2,1-3H3. The van der Waals surface area contributed by atoms with Crippen molar-refractivity contribution >= 4 is 17.2 Å². The van der Waals surface area contributed by atoms with Gasteiger partial charge in [0.05, 0.1) is 19.8 Å². The summed E-state index contributed by atoms with van der Waals surface area (Å²) in [7, 11) is 3.04. The van der Waals surface area contributed by atoms with E-state index in [1.165, 1.54) is 25.3 Å². The van der Waals surface area contributed by atoms with Crippen LogP contribution in [0.5, 0.6) is 17.2 Å². The molecule has 1 heterocycles. The third-order valence-electron chi connectivity index (χ3n) is 4.61. The zero-order chi connectivity index (χ0) is 21.5. The smallest absolute Gasteiger partial charge is 0.258 e. The fourth-order valence-corrected chi connectivity index (χ4v) is 3.65. The van der Waals surface area contributed by atoms with E-state index in [9.17, 15) is 9.18 Å². The second-order valence-electron chi connectivity index (χ2n) is 6.52. The molecule has 7 heteroatoms. The van der Waals surface area contributed by atoms with E-state index >= 15 is 0 Å². The molecule has 0 aliphatic rings. The molecule has 0 saturated carbocycles. The predicted molar refractivity (Wildman–Crippen MR) is 115 cm³/mol. The number of rotatable bonds is 9. The molecule has 0 aliphatic heterocycles. The van der Waals surface area contributed by atoms with Gasteiger partial charge in [0.15, 0.2) is 11.5 Å². The highest BCUT2D eigenvalue weighted by atomic mass is 32.1. The van der Waals surface area contributed by atoms with Crippen LogP contribution in [0.15, 0.2) is 53.9 Å². The van der Waals surface area contributed by atoms with Gasteiger partial charge >= 0.3 is 0 Å². The second-order valence-corrected chi connectivity index (χ2v) is 7.55. The number of amides is 1. The number of halogens is 1. The molecule has 158 valence electrons. The summed E-state index contributed by atoms with van der Waals surface area (Å²) >= 11 is 1.63. The van der Waals surface area contributed by atoms with E-state index < -0.39 is 5.82 Å². The zero-order valence-electron chi connectivity index (χ0n) is 17.2. The molecular formula is C23H24FNO4S. The highest BCUT2D eigenvalue weighted by molar-refractivity contribution is 7.09. The number of carbonyl (C=O) groups is 1. The predicted octanol–water partition coefficient (Wildman–Crippen LogP) is 5.15. The number of ether oxygens (including phenoxy) is 3. The number of benzene rings is 2. The van der Waals surface area contributed by atoms with Gasteiger partial charge in [-0.2, -0.15) is 0 Å². The Balaban J connectivity index is 1.76. The quantitative estimate of drug-likeness (QED) is 0.472. The van der Waals surface area contributed by atoms with Crippen molar-refractivity contribution in [3.63, 3.8) is 0 Å². The fraction of sp³-hybridized carbons (Fsp3) is 0.261. The van der Waals surface area contributed by atoms with Gasteiger partial charge in [0, 0.05) is 18.0 Å². The van der Waals surface area contributed by atoms with Gasteiger partial charge in [0.25, 0.3) is 5.91 Å². The molecule has 2 aromatic carbocycles. The van der Waals surface area contributed by atoms with Crippen LogP contribution < -0.4 is 14.2 Å². The molecule has 0 bridgehead atoms. The lowest BCUT2D eigenvalue weighted by Gasteiger charge is -2.23. The summed E-state index contributed by atoms with van der Waals surface area (Å²) < 4.78 is 30.3. The van der Waals surface area contributed by atoms with E-state index in [4.69, 9.17) is 14.2 Å². The fourth-order valence-electron chi connectivity index (χ4n) is 3.04. The molecule has 30 heavy (non-hydrogen) atoms. The first kappa shape index (κ1) is 21.6. The molecule has 0 fully saturated rings. The average Bonchev–Trinajstić information content (AvgIpc) is 3.29. The van der Waals surface area contributed by atoms with Crippen LogP contribution in [0.3, 0.4) is 0 Å². The first-order valence-electron chi connectivity index (χ1n) is 9.50. The van der Waals surface area contributed by atoms with Crippen LogP contribution in [0.25, 0.3) is 0 Å². The molecular weight excluding hydrogens is 405 g/mol. The first-order valence-corrected chi connectivity index (χ1v) is 10.4. The van der Waals surface area contributed by atoms with Gasteiger partial charge in [-0.05, 0) is 54.3 Å². The summed E-state index contributed by atoms with van der Waals surface area (Å²) in [6.45, 7) is 3.14. The molecule has 0 aliphatic carbocycles. The number of thiophene rings is 1. The van der Waals surface area contributed by atoms with Gasteiger partial charge in [-0.1, -0.05) is 12.1 Å². The van der Waals surface area contributed by atoms with Gasteiger partial charge in [0.1, 0.15) is 18.2 Å². The number of nitrogens with zero attached hydrogens (tertiary/aromatic N) is 1. The van der Waals surface area contributed by atoms with Crippen molar-refractivity contribution in [2.24, 2.45) is 0 Å². The second kappa shape index (κ2) is 10.1. The molecule has 5 nitrogen and oxygen atoms in total. The molecule has 1 aromatic heterocycles. The highest BCUT2D eigenvalue weighted by Gasteiger charge is 2.20. The van der Waals surface area contributed by atoms with Crippen molar-refractivity contribution in [3.05, 3.63) is 75.7 Å². The number of hydrogen-bond donors (Lipinski definition) is 0. The summed E-state index contributed by atoms with van der Waals surface area (Å²) in [5.74, 6) is 0.788. The molecule has 0 N–H and O–H groups in total. The third kappa shape index (κ3) is 5.10. The maximum Gasteiger partial charge on any atom is 0.258 e. The van der Waals surface area contributed by atoms with Crippen LogP contribution in [-0.2, 0) is 13.2 Å². The Kier molecular flexibility index (Phi) is 7.30. The van der Waals surface area contributed by atoms with Gasteiger partial charge in [-0.3, -0.25) is 4.79 Å². The minimum atomic E-state index is -0.482. The lowest BCUT2D eigenvalue weighted by atomic mass is 10.1. The van der Waals surface area contributed by atoms with Crippen molar-refractivity contribution in [1.82, 2.24) is 4.90 Å². The topological polar surface area (TPSA) is 48.0 Å². The first-order chi connectivity index (χ1) is 14.5. The van der Waals surface area contributed by atoms with E-state index in [1.807, 2.05) is 42.6 Å². The number of carbonyl (C=O) groups excluding carboxylic acids is 1. The molecule has 0 atom stereocenters. The van der Waals surface area contributed by atoms with Crippen molar-refractivity contribution in [2.45, 2.75) is 20.1 Å². The van der Waals surface area contributed by atoms with Gasteiger partial charge < -0.3 is 19.1 Å². The monoisotopic (exact) mass is 429 g/mol. The largest absolute Gasteiger partial charge is 0.496 e. The third-order valence-corrected chi connectivity index (χ3v) is 5.46. The number of hydrogen-bond acceptors (Lipinski definition) is 5. The lowest BCUT2D eigenvalue weighted by molar-refractivity contribution is 0.0748. The molecule has 1 amide bonds. The summed E-state index contributed by atoms with van der Waals surface area (Å²) in [5, 5.41) is 2.00. The van der Waals surface area contributed by atoms with Crippen LogP contribution in [-0.4, -0.2) is 31.6 Å². The molecule has 0 radical (unpaired) electrons. The minimum Gasteiger partial charge on any atom is -0.496 e. The SMILES string of the molecule is CCN(Cc1ccc(OCc2cccs2)c(OC)c1)C(=O)c1cc(F)ccc1OC. The number of methoxy groups -OCH3 is 2. The minimum absolute atomic E-state index is 0.196. The molecule has 0 saturated heterocycles. The maximum absolute atomic E-state index is 13.7. The Bertz CT molecular complexity index is 991. The Labute approximate surface area is 179 Å². The van der Waals surface area contributed by atoms with E-state index in [0.29, 0.717) is 36.9 Å². The maximum atomic E-state index is 13.7. The van der Waals surface area contributed by atoms with Crippen LogP contribution in [0.4, 0.5) is 4.39 Å². The Morgan fingerprint density at radius 1 is 1.03 bits per heavy atom. The summed E-state index contributed by atoms with van der Waals surface area (Å²) in [4.78, 5) is 15.7. The van der Waals surface area contributed by atoms with Crippen LogP contribution in [0.1, 0.15) is 27.7 Å². The molecule has 3 rings (SSSR count). The van der Waals surface area contributed by atoms with E-state index in [1.54, 1.807) is 23.3 Å². The van der Waals surface area contributed by atoms with Crippen LogP contribution >= 0.6 is 11.3 Å². The van der Waals surface area contributed by atoms with Gasteiger partial charge in [-0.15, -0.1) is 11.3 Å². The molecule has 3 aromatic rings. The van der Waals surface area contributed by atoms with Crippen LogP contribution in [0, 0.1) is 5.82 Å². The van der Waals surface area contributed by atoms with Gasteiger partial charge in [-0.25, -0.2) is 4.39 Å². The van der Waals surface area contributed by atoms with E-state index in [0.717, 1.165) is 10.4 Å². The van der Waals surface area contributed by atoms with Gasteiger partial charge in [0.2, 0.25) is 0 Å². The van der Waals surface area contributed by atoms with E-state index in [-0.39, 0.29) is 11.5 Å². The van der Waals surface area contributed by atoms with Crippen LogP contribution in [0.2, 0.25) is 0 Å². The Morgan fingerprint density at radius 3 is 2.47 bits per heavy atom. The molecule has 0 spiro atoms.